The maximum Gasteiger partial charge on any atom is 0.308 e. The molecule has 0 aliphatic carbocycles. The Hall–Kier alpha value is -2.15. The second kappa shape index (κ2) is 5.87. The fourth-order valence-electron chi connectivity index (χ4n) is 1.51. The lowest BCUT2D eigenvalue weighted by Crippen LogP contribution is -2.40. The van der Waals surface area contributed by atoms with Gasteiger partial charge in [0.25, 0.3) is 5.91 Å². The lowest BCUT2D eigenvalue weighted by molar-refractivity contribution is -0.141. The Kier molecular flexibility index (Phi) is 4.19. The summed E-state index contributed by atoms with van der Waals surface area (Å²) in [5.74, 6) is -1.41. The SMILES string of the molecule is CC(NC(=O)c1csc(-c2ccco2)n1)C(C)C(=O)O. The third-order valence-electron chi connectivity index (χ3n) is 2.97. The van der Waals surface area contributed by atoms with Crippen molar-refractivity contribution < 1.29 is 19.1 Å². The van der Waals surface area contributed by atoms with Crippen LogP contribution in [0.25, 0.3) is 10.8 Å². The summed E-state index contributed by atoms with van der Waals surface area (Å²) in [6, 6.07) is 3.02. The van der Waals surface area contributed by atoms with Crippen LogP contribution in [0.4, 0.5) is 0 Å². The van der Waals surface area contributed by atoms with E-state index in [9.17, 15) is 9.59 Å². The molecule has 2 aromatic rings. The molecule has 2 unspecified atom stereocenters. The summed E-state index contributed by atoms with van der Waals surface area (Å²) in [5.41, 5.74) is 0.255. The highest BCUT2D eigenvalue weighted by Gasteiger charge is 2.22. The van der Waals surface area contributed by atoms with Gasteiger partial charge < -0.3 is 14.8 Å². The second-order valence-electron chi connectivity index (χ2n) is 4.40. The van der Waals surface area contributed by atoms with Gasteiger partial charge in [-0.15, -0.1) is 11.3 Å². The van der Waals surface area contributed by atoms with Crippen LogP contribution in [0.1, 0.15) is 24.3 Å². The maximum atomic E-state index is 12.0. The van der Waals surface area contributed by atoms with Crippen LogP contribution in [0.3, 0.4) is 0 Å². The molecule has 0 aliphatic heterocycles. The van der Waals surface area contributed by atoms with Crippen LogP contribution in [0, 0.1) is 5.92 Å². The third kappa shape index (κ3) is 3.05. The van der Waals surface area contributed by atoms with Crippen LogP contribution in [-0.2, 0) is 4.79 Å². The van der Waals surface area contributed by atoms with E-state index in [0.717, 1.165) is 0 Å². The van der Waals surface area contributed by atoms with Crippen LogP contribution in [0.5, 0.6) is 0 Å². The number of nitrogens with one attached hydrogen (secondary N) is 1. The zero-order valence-electron chi connectivity index (χ0n) is 11.0. The van der Waals surface area contributed by atoms with Crippen molar-refractivity contribution >= 4 is 23.2 Å². The number of hydrogen-bond acceptors (Lipinski definition) is 5. The van der Waals surface area contributed by atoms with Gasteiger partial charge in [0.2, 0.25) is 0 Å². The van der Waals surface area contributed by atoms with E-state index in [4.69, 9.17) is 9.52 Å². The molecule has 0 saturated heterocycles. The van der Waals surface area contributed by atoms with Gasteiger partial charge in [0, 0.05) is 11.4 Å². The predicted molar refractivity (Wildman–Crippen MR) is 73.5 cm³/mol. The summed E-state index contributed by atoms with van der Waals surface area (Å²) < 4.78 is 5.20. The Labute approximate surface area is 119 Å². The van der Waals surface area contributed by atoms with E-state index in [2.05, 4.69) is 10.3 Å². The number of hydrogen-bond donors (Lipinski definition) is 2. The lowest BCUT2D eigenvalue weighted by Gasteiger charge is -2.16. The summed E-state index contributed by atoms with van der Waals surface area (Å²) >= 11 is 1.30. The van der Waals surface area contributed by atoms with Crippen LogP contribution in [0.15, 0.2) is 28.2 Å². The monoisotopic (exact) mass is 294 g/mol. The van der Waals surface area contributed by atoms with Gasteiger partial charge in [-0.25, -0.2) is 4.98 Å². The zero-order valence-corrected chi connectivity index (χ0v) is 11.8. The van der Waals surface area contributed by atoms with Gasteiger partial charge in [-0.1, -0.05) is 0 Å². The topological polar surface area (TPSA) is 92.4 Å². The summed E-state index contributed by atoms with van der Waals surface area (Å²) in [6.45, 7) is 3.19. The van der Waals surface area contributed by atoms with E-state index in [1.165, 1.54) is 17.6 Å². The number of rotatable bonds is 5. The molecular weight excluding hydrogens is 280 g/mol. The predicted octanol–water partition coefficient (Wildman–Crippen LogP) is 2.24. The molecular formula is C13H14N2O4S. The van der Waals surface area contributed by atoms with E-state index in [0.29, 0.717) is 10.8 Å². The Morgan fingerprint density at radius 2 is 2.20 bits per heavy atom. The van der Waals surface area contributed by atoms with Crippen LogP contribution < -0.4 is 5.32 Å². The van der Waals surface area contributed by atoms with Gasteiger partial charge >= 0.3 is 5.97 Å². The first-order valence-electron chi connectivity index (χ1n) is 6.02. The summed E-state index contributed by atoms with van der Waals surface area (Å²) in [7, 11) is 0. The molecule has 0 fully saturated rings. The number of amides is 1. The Morgan fingerprint density at radius 3 is 2.80 bits per heavy atom. The van der Waals surface area contributed by atoms with Gasteiger partial charge in [-0.3, -0.25) is 9.59 Å². The van der Waals surface area contributed by atoms with Crippen LogP contribution in [-0.4, -0.2) is 28.0 Å². The van der Waals surface area contributed by atoms with E-state index >= 15 is 0 Å². The molecule has 2 N–H and O–H groups in total. The highest BCUT2D eigenvalue weighted by atomic mass is 32.1. The molecule has 0 saturated carbocycles. The maximum absolute atomic E-state index is 12.0. The van der Waals surface area contributed by atoms with Gasteiger partial charge in [0.1, 0.15) is 5.69 Å². The van der Waals surface area contributed by atoms with E-state index < -0.39 is 17.9 Å². The Balaban J connectivity index is 2.05. The number of nitrogens with zero attached hydrogens (tertiary/aromatic N) is 1. The van der Waals surface area contributed by atoms with Gasteiger partial charge in [0.05, 0.1) is 12.2 Å². The van der Waals surface area contributed by atoms with Crippen molar-refractivity contribution in [3.05, 3.63) is 29.5 Å². The van der Waals surface area contributed by atoms with Crippen LogP contribution >= 0.6 is 11.3 Å². The number of carbonyl (C=O) groups excluding carboxylic acids is 1. The first-order valence-corrected chi connectivity index (χ1v) is 6.90. The minimum absolute atomic E-state index is 0.255. The first-order chi connectivity index (χ1) is 9.49. The number of aromatic nitrogens is 1. The highest BCUT2D eigenvalue weighted by molar-refractivity contribution is 7.13. The van der Waals surface area contributed by atoms with Crippen LogP contribution in [0.2, 0.25) is 0 Å². The van der Waals surface area contributed by atoms with E-state index in [1.807, 2.05) is 0 Å². The molecule has 6 nitrogen and oxygen atoms in total. The third-order valence-corrected chi connectivity index (χ3v) is 3.82. The number of thiazole rings is 1. The van der Waals surface area contributed by atoms with Crippen molar-refractivity contribution in [1.29, 1.82) is 0 Å². The van der Waals surface area contributed by atoms with Crippen molar-refractivity contribution in [2.24, 2.45) is 5.92 Å². The van der Waals surface area contributed by atoms with Gasteiger partial charge in [0.15, 0.2) is 10.8 Å². The summed E-state index contributed by atoms with van der Waals surface area (Å²) in [5, 5.41) is 13.7. The summed E-state index contributed by atoms with van der Waals surface area (Å²) in [6.07, 6.45) is 1.53. The minimum Gasteiger partial charge on any atom is -0.481 e. The van der Waals surface area contributed by atoms with Gasteiger partial charge in [-0.05, 0) is 26.0 Å². The Bertz CT molecular complexity index is 606. The summed E-state index contributed by atoms with van der Waals surface area (Å²) in [4.78, 5) is 27.0. The van der Waals surface area contributed by atoms with Gasteiger partial charge in [-0.2, -0.15) is 0 Å². The fourth-order valence-corrected chi connectivity index (χ4v) is 2.28. The molecule has 0 spiro atoms. The van der Waals surface area contributed by atoms with Crippen molar-refractivity contribution in [2.75, 3.05) is 0 Å². The molecule has 7 heteroatoms. The number of carboxylic acid groups (broad SMARTS) is 1. The molecule has 0 aliphatic rings. The molecule has 2 heterocycles. The van der Waals surface area contributed by atoms with Crippen molar-refractivity contribution in [1.82, 2.24) is 10.3 Å². The largest absolute Gasteiger partial charge is 0.481 e. The standard InChI is InChI=1S/C13H14N2O4S/c1-7(13(17)18)8(2)14-11(16)9-6-20-12(15-9)10-4-3-5-19-10/h3-8H,1-2H3,(H,14,16)(H,17,18). The number of aliphatic carboxylic acids is 1. The molecule has 2 aromatic heterocycles. The van der Waals surface area contributed by atoms with E-state index in [-0.39, 0.29) is 11.6 Å². The molecule has 20 heavy (non-hydrogen) atoms. The average molecular weight is 294 g/mol. The average Bonchev–Trinajstić information content (AvgIpc) is 3.07. The molecule has 0 aromatic carbocycles. The van der Waals surface area contributed by atoms with Crippen molar-refractivity contribution in [3.63, 3.8) is 0 Å². The molecule has 2 rings (SSSR count). The van der Waals surface area contributed by atoms with E-state index in [1.54, 1.807) is 31.4 Å². The zero-order chi connectivity index (χ0) is 14.7. The van der Waals surface area contributed by atoms with Crippen molar-refractivity contribution in [3.8, 4) is 10.8 Å². The Morgan fingerprint density at radius 1 is 1.45 bits per heavy atom. The molecule has 0 radical (unpaired) electrons. The fraction of sp³-hybridized carbons (Fsp3) is 0.308. The molecule has 2 atom stereocenters. The second-order valence-corrected chi connectivity index (χ2v) is 5.26. The molecule has 1 amide bonds. The quantitative estimate of drug-likeness (QED) is 0.882. The first kappa shape index (κ1) is 14.3. The number of carbonyl (C=O) groups is 2. The van der Waals surface area contributed by atoms with Crippen molar-refractivity contribution in [2.45, 2.75) is 19.9 Å². The minimum atomic E-state index is -0.952. The number of carboxylic acids is 1. The highest BCUT2D eigenvalue weighted by Crippen LogP contribution is 2.23. The molecule has 106 valence electrons. The molecule has 0 bridgehead atoms. The number of furan rings is 1. The normalized spacial score (nSPS) is 13.7. The smallest absolute Gasteiger partial charge is 0.308 e. The lowest BCUT2D eigenvalue weighted by atomic mass is 10.0.